The Morgan fingerprint density at radius 1 is 1.40 bits per heavy atom. The first-order valence-corrected chi connectivity index (χ1v) is 6.27. The van der Waals surface area contributed by atoms with Crippen LogP contribution in [0, 0.1) is 11.3 Å². The number of nitriles is 1. The van der Waals surface area contributed by atoms with Crippen LogP contribution in [0.3, 0.4) is 0 Å². The second-order valence-electron chi connectivity index (χ2n) is 4.47. The van der Waals surface area contributed by atoms with E-state index < -0.39 is 6.10 Å². The van der Waals surface area contributed by atoms with Gasteiger partial charge in [0.05, 0.1) is 11.7 Å². The maximum atomic E-state index is 11.8. The van der Waals surface area contributed by atoms with Gasteiger partial charge >= 0.3 is 0 Å². The molecule has 3 N–H and O–H groups in total. The van der Waals surface area contributed by atoms with Crippen molar-refractivity contribution in [1.82, 2.24) is 10.3 Å². The first-order chi connectivity index (χ1) is 9.69. The molecule has 0 saturated heterocycles. The summed E-state index contributed by atoms with van der Waals surface area (Å²) in [7, 11) is 0. The molecule has 0 radical (unpaired) electrons. The van der Waals surface area contributed by atoms with Gasteiger partial charge in [0.15, 0.2) is 0 Å². The molecule has 102 valence electrons. The van der Waals surface area contributed by atoms with Gasteiger partial charge in [0.25, 0.3) is 5.91 Å². The Hall–Kier alpha value is -2.58. The summed E-state index contributed by atoms with van der Waals surface area (Å²) in [5.41, 5.74) is 1.73. The molecule has 1 aromatic carbocycles. The van der Waals surface area contributed by atoms with Crippen molar-refractivity contribution in [2.45, 2.75) is 12.5 Å². The Balaban J connectivity index is 1.82. The van der Waals surface area contributed by atoms with Crippen molar-refractivity contribution in [1.29, 1.82) is 5.26 Å². The highest BCUT2D eigenvalue weighted by molar-refractivity contribution is 5.94. The fourth-order valence-corrected chi connectivity index (χ4v) is 1.86. The third kappa shape index (κ3) is 3.70. The molecule has 1 unspecified atom stereocenters. The van der Waals surface area contributed by atoms with Crippen LogP contribution in [-0.2, 0) is 6.42 Å². The molecular formula is C15H15N3O2. The van der Waals surface area contributed by atoms with E-state index in [9.17, 15) is 9.90 Å². The van der Waals surface area contributed by atoms with Crippen LogP contribution in [0.4, 0.5) is 0 Å². The Kier molecular flexibility index (Phi) is 4.53. The molecule has 1 heterocycles. The number of aliphatic hydroxyl groups excluding tert-OH is 1. The van der Waals surface area contributed by atoms with E-state index in [1.807, 2.05) is 36.4 Å². The third-order valence-corrected chi connectivity index (χ3v) is 2.88. The molecular weight excluding hydrogens is 254 g/mol. The summed E-state index contributed by atoms with van der Waals surface area (Å²) in [5, 5.41) is 21.2. The number of aliphatic hydroxyl groups is 1. The smallest absolute Gasteiger partial charge is 0.252 e. The molecule has 2 aromatic rings. The fraction of sp³-hybridized carbons (Fsp3) is 0.200. The van der Waals surface area contributed by atoms with Gasteiger partial charge in [-0.25, -0.2) is 0 Å². The third-order valence-electron chi connectivity index (χ3n) is 2.88. The van der Waals surface area contributed by atoms with Gasteiger partial charge < -0.3 is 15.4 Å². The van der Waals surface area contributed by atoms with Gasteiger partial charge in [0.2, 0.25) is 0 Å². The monoisotopic (exact) mass is 269 g/mol. The zero-order valence-corrected chi connectivity index (χ0v) is 10.8. The molecule has 5 heteroatoms. The van der Waals surface area contributed by atoms with Crippen LogP contribution in [0.2, 0.25) is 0 Å². The van der Waals surface area contributed by atoms with Crippen LogP contribution in [-0.4, -0.2) is 28.6 Å². The van der Waals surface area contributed by atoms with Gasteiger partial charge in [-0.3, -0.25) is 4.79 Å². The Morgan fingerprint density at radius 3 is 2.80 bits per heavy atom. The number of aromatic amines is 1. The van der Waals surface area contributed by atoms with E-state index in [1.165, 1.54) is 12.3 Å². The van der Waals surface area contributed by atoms with Crippen LogP contribution in [0.5, 0.6) is 0 Å². The van der Waals surface area contributed by atoms with Crippen molar-refractivity contribution in [3.8, 4) is 6.07 Å². The number of H-pyrrole nitrogens is 1. The molecule has 1 aromatic heterocycles. The van der Waals surface area contributed by atoms with Crippen LogP contribution >= 0.6 is 0 Å². The van der Waals surface area contributed by atoms with E-state index in [0.717, 1.165) is 5.56 Å². The fourth-order valence-electron chi connectivity index (χ4n) is 1.86. The number of amides is 1. The maximum absolute atomic E-state index is 11.8. The first kappa shape index (κ1) is 13.8. The predicted molar refractivity (Wildman–Crippen MR) is 74.0 cm³/mol. The average molecular weight is 269 g/mol. The molecule has 2 rings (SSSR count). The van der Waals surface area contributed by atoms with E-state index in [-0.39, 0.29) is 12.5 Å². The van der Waals surface area contributed by atoms with Crippen LogP contribution in [0.15, 0.2) is 42.6 Å². The normalized spacial score (nSPS) is 11.6. The summed E-state index contributed by atoms with van der Waals surface area (Å²) < 4.78 is 0. The zero-order valence-electron chi connectivity index (χ0n) is 10.8. The molecule has 0 aliphatic carbocycles. The summed E-state index contributed by atoms with van der Waals surface area (Å²) in [4.78, 5) is 14.5. The number of carbonyl (C=O) groups excluding carboxylic acids is 1. The van der Waals surface area contributed by atoms with Gasteiger partial charge in [-0.05, 0) is 11.6 Å². The highest BCUT2D eigenvalue weighted by atomic mass is 16.3. The second-order valence-corrected chi connectivity index (χ2v) is 4.47. The lowest BCUT2D eigenvalue weighted by atomic mass is 10.1. The number of aromatic nitrogens is 1. The van der Waals surface area contributed by atoms with Gasteiger partial charge in [0.1, 0.15) is 11.8 Å². The Morgan fingerprint density at radius 2 is 2.15 bits per heavy atom. The highest BCUT2D eigenvalue weighted by Crippen LogP contribution is 2.04. The number of rotatable bonds is 5. The molecule has 1 amide bonds. The molecule has 0 aliphatic heterocycles. The minimum absolute atomic E-state index is 0.167. The molecule has 1 atom stereocenters. The summed E-state index contributed by atoms with van der Waals surface area (Å²) in [6, 6.07) is 13.0. The molecule has 0 spiro atoms. The van der Waals surface area contributed by atoms with Crippen molar-refractivity contribution in [3.05, 3.63) is 59.4 Å². The average Bonchev–Trinajstić information content (AvgIpc) is 2.95. The number of carbonyl (C=O) groups is 1. The Labute approximate surface area is 116 Å². The van der Waals surface area contributed by atoms with Crippen molar-refractivity contribution in [2.24, 2.45) is 0 Å². The largest absolute Gasteiger partial charge is 0.391 e. The summed E-state index contributed by atoms with van der Waals surface area (Å²) in [6.07, 6.45) is 1.31. The van der Waals surface area contributed by atoms with Crippen LogP contribution in [0.1, 0.15) is 21.6 Å². The van der Waals surface area contributed by atoms with E-state index >= 15 is 0 Å². The molecule has 20 heavy (non-hydrogen) atoms. The van der Waals surface area contributed by atoms with Crippen molar-refractivity contribution in [3.63, 3.8) is 0 Å². The lowest BCUT2D eigenvalue weighted by Crippen LogP contribution is -2.33. The SMILES string of the molecule is N#Cc1cc(C(=O)NCC(O)Cc2ccccc2)c[nH]1. The lowest BCUT2D eigenvalue weighted by molar-refractivity contribution is 0.0916. The van der Waals surface area contributed by atoms with E-state index in [1.54, 1.807) is 0 Å². The maximum Gasteiger partial charge on any atom is 0.252 e. The number of hydrogen-bond acceptors (Lipinski definition) is 3. The van der Waals surface area contributed by atoms with Crippen LogP contribution in [0.25, 0.3) is 0 Å². The molecule has 0 bridgehead atoms. The molecule has 0 fully saturated rings. The van der Waals surface area contributed by atoms with Gasteiger partial charge in [0, 0.05) is 19.2 Å². The van der Waals surface area contributed by atoms with E-state index in [2.05, 4.69) is 10.3 Å². The van der Waals surface area contributed by atoms with Crippen molar-refractivity contribution in [2.75, 3.05) is 6.54 Å². The molecule has 0 saturated carbocycles. The summed E-state index contributed by atoms with van der Waals surface area (Å²) >= 11 is 0. The van der Waals surface area contributed by atoms with Gasteiger partial charge in [-0.1, -0.05) is 30.3 Å². The quantitative estimate of drug-likeness (QED) is 0.762. The topological polar surface area (TPSA) is 88.9 Å². The standard InChI is InChI=1S/C15H15N3O2/c16-8-13-7-12(9-17-13)15(20)18-10-14(19)6-11-4-2-1-3-5-11/h1-5,7,9,14,17,19H,6,10H2,(H,18,20). The zero-order chi connectivity index (χ0) is 14.4. The number of nitrogens with zero attached hydrogens (tertiary/aromatic N) is 1. The predicted octanol–water partition coefficient (Wildman–Crippen LogP) is 1.22. The van der Waals surface area contributed by atoms with Crippen LogP contribution < -0.4 is 5.32 Å². The van der Waals surface area contributed by atoms with Crippen molar-refractivity contribution >= 4 is 5.91 Å². The number of hydrogen-bond donors (Lipinski definition) is 3. The van der Waals surface area contributed by atoms with E-state index in [0.29, 0.717) is 17.7 Å². The van der Waals surface area contributed by atoms with Gasteiger partial charge in [-0.2, -0.15) is 5.26 Å². The highest BCUT2D eigenvalue weighted by Gasteiger charge is 2.11. The number of nitrogens with one attached hydrogen (secondary N) is 2. The minimum atomic E-state index is -0.643. The lowest BCUT2D eigenvalue weighted by Gasteiger charge is -2.11. The molecule has 5 nitrogen and oxygen atoms in total. The minimum Gasteiger partial charge on any atom is -0.391 e. The summed E-state index contributed by atoms with van der Waals surface area (Å²) in [5.74, 6) is -0.310. The number of benzene rings is 1. The Bertz CT molecular complexity index is 614. The molecule has 0 aliphatic rings. The second kappa shape index (κ2) is 6.55. The van der Waals surface area contributed by atoms with Crippen molar-refractivity contribution < 1.29 is 9.90 Å². The van der Waals surface area contributed by atoms with E-state index in [4.69, 9.17) is 5.26 Å². The first-order valence-electron chi connectivity index (χ1n) is 6.27. The van der Waals surface area contributed by atoms with Gasteiger partial charge in [-0.15, -0.1) is 0 Å². The summed E-state index contributed by atoms with van der Waals surface area (Å²) in [6.45, 7) is 0.167.